The Morgan fingerprint density at radius 1 is 1.31 bits per heavy atom. The fourth-order valence-corrected chi connectivity index (χ4v) is 5.16. The molecule has 1 amide bonds. The third kappa shape index (κ3) is 5.32. The second-order valence-corrected chi connectivity index (χ2v) is 9.76. The maximum Gasteiger partial charge on any atom is 0.269 e. The molecule has 4 N–H and O–H groups in total. The number of nitrogens with one attached hydrogen (secondary N) is 2. The zero-order valence-corrected chi connectivity index (χ0v) is 20.2. The summed E-state index contributed by atoms with van der Waals surface area (Å²) >= 11 is 1.50. The van der Waals surface area contributed by atoms with Gasteiger partial charge in [0, 0.05) is 31.2 Å². The minimum Gasteiger partial charge on any atom is -0.497 e. The van der Waals surface area contributed by atoms with E-state index in [0.29, 0.717) is 48.1 Å². The van der Waals surface area contributed by atoms with Gasteiger partial charge < -0.3 is 30.4 Å². The van der Waals surface area contributed by atoms with Crippen LogP contribution in [0.2, 0.25) is 0 Å². The molecule has 4 heterocycles. The molecule has 0 unspecified atom stereocenters. The summed E-state index contributed by atoms with van der Waals surface area (Å²) in [5.74, 6) is 1.69. The summed E-state index contributed by atoms with van der Waals surface area (Å²) in [7, 11) is 1.59. The number of carbonyl (C=O) groups excluding carboxylic acids is 1. The first-order valence-corrected chi connectivity index (χ1v) is 12.6. The van der Waals surface area contributed by atoms with Gasteiger partial charge >= 0.3 is 0 Å². The smallest absolute Gasteiger partial charge is 0.269 e. The number of hydrogen-bond donors (Lipinski definition) is 3. The first-order valence-electron chi connectivity index (χ1n) is 11.6. The van der Waals surface area contributed by atoms with Crippen molar-refractivity contribution in [3.63, 3.8) is 0 Å². The van der Waals surface area contributed by atoms with Crippen LogP contribution >= 0.6 is 11.8 Å². The van der Waals surface area contributed by atoms with Crippen LogP contribution in [0.4, 0.5) is 5.82 Å². The molecule has 0 radical (unpaired) electrons. The zero-order valence-electron chi connectivity index (χ0n) is 19.4. The number of hydrogen-bond acceptors (Lipinski definition) is 9. The molecule has 0 saturated carbocycles. The molecular weight excluding hydrogens is 468 g/mol. The standard InChI is InChI=1S/C24H28N6O4S/c1-33-16-4-5-18-19(8-16)30(23(32)10-27-18)11-17(25)20-6-2-15(12-34-20)26-9-14-3-7-21-24(28-14)29-22(31)13-35-21/h3-5,7-8,10,15,17,20,26H,2,6,9,11-13,25H2,1H3,(H,28,29,31)/t15-,17+,20+/m1/s1. The first-order chi connectivity index (χ1) is 17.0. The summed E-state index contributed by atoms with van der Waals surface area (Å²) < 4.78 is 13.0. The molecular formula is C24H28N6O4S. The minimum atomic E-state index is -0.339. The normalized spacial score (nSPS) is 20.8. The number of rotatable bonds is 7. The summed E-state index contributed by atoms with van der Waals surface area (Å²) in [4.78, 5) is 33.9. The monoisotopic (exact) mass is 496 g/mol. The van der Waals surface area contributed by atoms with Gasteiger partial charge in [0.15, 0.2) is 0 Å². The Bertz CT molecular complexity index is 1290. The van der Waals surface area contributed by atoms with E-state index in [1.54, 1.807) is 17.7 Å². The van der Waals surface area contributed by atoms with Crippen molar-refractivity contribution in [1.82, 2.24) is 19.9 Å². The number of thioether (sulfide) groups is 1. The van der Waals surface area contributed by atoms with Gasteiger partial charge in [0.25, 0.3) is 5.56 Å². The second kappa shape index (κ2) is 10.3. The molecule has 2 aliphatic heterocycles. The molecule has 1 saturated heterocycles. The molecule has 0 aliphatic carbocycles. The van der Waals surface area contributed by atoms with Crippen molar-refractivity contribution in [2.45, 2.75) is 49.0 Å². The SMILES string of the molecule is COc1ccc2ncc(=O)n(C[C@H](N)[C@@H]3CC[C@@H](NCc4ccc5c(n4)NC(=O)CS5)CO3)c2c1. The summed E-state index contributed by atoms with van der Waals surface area (Å²) in [6, 6.07) is 9.25. The van der Waals surface area contributed by atoms with Crippen LogP contribution in [0.1, 0.15) is 18.5 Å². The second-order valence-electron chi connectivity index (χ2n) is 8.74. The highest BCUT2D eigenvalue weighted by molar-refractivity contribution is 8.00. The predicted molar refractivity (Wildman–Crippen MR) is 134 cm³/mol. The van der Waals surface area contributed by atoms with Crippen LogP contribution in [0.25, 0.3) is 11.0 Å². The lowest BCUT2D eigenvalue weighted by Gasteiger charge is -2.33. The maximum atomic E-state index is 12.6. The van der Waals surface area contributed by atoms with E-state index < -0.39 is 0 Å². The Hall–Kier alpha value is -2.99. The highest BCUT2D eigenvalue weighted by Gasteiger charge is 2.27. The lowest BCUT2D eigenvalue weighted by Crippen LogP contribution is -2.48. The number of nitrogens with zero attached hydrogens (tertiary/aromatic N) is 3. The quantitative estimate of drug-likeness (QED) is 0.445. The number of fused-ring (bicyclic) bond motifs is 2. The number of benzene rings is 1. The number of carbonyl (C=O) groups is 1. The molecule has 35 heavy (non-hydrogen) atoms. The fourth-order valence-electron chi connectivity index (χ4n) is 4.41. The lowest BCUT2D eigenvalue weighted by atomic mass is 9.99. The molecule has 5 rings (SSSR count). The van der Waals surface area contributed by atoms with Gasteiger partial charge in [-0.1, -0.05) is 0 Å². The van der Waals surface area contributed by atoms with Crippen molar-refractivity contribution < 1.29 is 14.3 Å². The Balaban J connectivity index is 1.17. The van der Waals surface area contributed by atoms with Crippen molar-refractivity contribution in [3.8, 4) is 5.75 Å². The van der Waals surface area contributed by atoms with Gasteiger partial charge in [0.05, 0.1) is 53.4 Å². The van der Waals surface area contributed by atoms with Gasteiger partial charge in [-0.3, -0.25) is 9.59 Å². The predicted octanol–water partition coefficient (Wildman–Crippen LogP) is 1.51. The fraction of sp³-hybridized carbons (Fsp3) is 0.417. The van der Waals surface area contributed by atoms with Gasteiger partial charge in [-0.25, -0.2) is 9.97 Å². The van der Waals surface area contributed by atoms with E-state index in [0.717, 1.165) is 23.4 Å². The summed E-state index contributed by atoms with van der Waals surface area (Å²) in [6.45, 7) is 1.44. The molecule has 0 spiro atoms. The van der Waals surface area contributed by atoms with E-state index in [4.69, 9.17) is 15.2 Å². The van der Waals surface area contributed by atoms with Gasteiger partial charge in [-0.05, 0) is 37.1 Å². The van der Waals surface area contributed by atoms with Gasteiger partial charge in [-0.15, -0.1) is 11.8 Å². The number of pyridine rings is 1. The summed E-state index contributed by atoms with van der Waals surface area (Å²) in [5.41, 5.74) is 8.55. The van der Waals surface area contributed by atoms with Crippen molar-refractivity contribution >= 4 is 34.5 Å². The molecule has 10 nitrogen and oxygen atoms in total. The summed E-state index contributed by atoms with van der Waals surface area (Å²) in [5, 5.41) is 6.31. The van der Waals surface area contributed by atoms with E-state index in [1.807, 2.05) is 24.3 Å². The minimum absolute atomic E-state index is 0.0238. The van der Waals surface area contributed by atoms with Gasteiger partial charge in [-0.2, -0.15) is 0 Å². The third-order valence-corrected chi connectivity index (χ3v) is 7.39. The molecule has 1 aromatic carbocycles. The molecule has 1 fully saturated rings. The molecule has 2 aliphatic rings. The maximum absolute atomic E-state index is 12.6. The molecule has 11 heteroatoms. The van der Waals surface area contributed by atoms with Crippen LogP contribution in [0.5, 0.6) is 5.75 Å². The van der Waals surface area contributed by atoms with Crippen LogP contribution in [0.15, 0.2) is 46.2 Å². The largest absolute Gasteiger partial charge is 0.497 e. The van der Waals surface area contributed by atoms with Crippen molar-refractivity contribution in [3.05, 3.63) is 52.6 Å². The molecule has 0 bridgehead atoms. The van der Waals surface area contributed by atoms with Crippen LogP contribution in [-0.2, 0) is 22.6 Å². The zero-order chi connectivity index (χ0) is 24.4. The van der Waals surface area contributed by atoms with E-state index in [1.165, 1.54) is 18.0 Å². The Morgan fingerprint density at radius 2 is 2.20 bits per heavy atom. The molecule has 2 aromatic heterocycles. The van der Waals surface area contributed by atoms with Crippen LogP contribution in [0, 0.1) is 0 Å². The number of anilines is 1. The number of methoxy groups -OCH3 is 1. The Morgan fingerprint density at radius 3 is 3.00 bits per heavy atom. The summed E-state index contributed by atoms with van der Waals surface area (Å²) in [6.07, 6.45) is 2.85. The first kappa shape index (κ1) is 23.7. The Labute approximate surface area is 206 Å². The van der Waals surface area contributed by atoms with Crippen molar-refractivity contribution in [2.75, 3.05) is 24.8 Å². The third-order valence-electron chi connectivity index (χ3n) is 6.34. The van der Waals surface area contributed by atoms with Gasteiger partial charge in [0.1, 0.15) is 11.6 Å². The van der Waals surface area contributed by atoms with E-state index in [2.05, 4.69) is 20.6 Å². The van der Waals surface area contributed by atoms with Gasteiger partial charge in [0.2, 0.25) is 5.91 Å². The van der Waals surface area contributed by atoms with E-state index >= 15 is 0 Å². The number of amides is 1. The molecule has 3 atom stereocenters. The van der Waals surface area contributed by atoms with Crippen molar-refractivity contribution in [2.24, 2.45) is 5.73 Å². The Kier molecular flexibility index (Phi) is 7.00. The number of ether oxygens (including phenoxy) is 2. The molecule has 184 valence electrons. The lowest BCUT2D eigenvalue weighted by molar-refractivity contribution is -0.113. The van der Waals surface area contributed by atoms with Crippen LogP contribution in [0.3, 0.4) is 0 Å². The van der Waals surface area contributed by atoms with Crippen LogP contribution in [-0.4, -0.2) is 58.1 Å². The average molecular weight is 497 g/mol. The highest BCUT2D eigenvalue weighted by atomic mass is 32.2. The van der Waals surface area contributed by atoms with E-state index in [-0.39, 0.29) is 29.7 Å². The topological polar surface area (TPSA) is 133 Å². The van der Waals surface area contributed by atoms with Crippen molar-refractivity contribution in [1.29, 1.82) is 0 Å². The van der Waals surface area contributed by atoms with E-state index in [9.17, 15) is 9.59 Å². The number of nitrogens with two attached hydrogens (primary N) is 1. The molecule has 3 aromatic rings. The number of aromatic nitrogens is 3. The van der Waals surface area contributed by atoms with Crippen LogP contribution < -0.4 is 26.7 Å². The highest BCUT2D eigenvalue weighted by Crippen LogP contribution is 2.29. The average Bonchev–Trinajstić information content (AvgIpc) is 2.88.